The second-order valence-electron chi connectivity index (χ2n) is 5.94. The Kier molecular flexibility index (Phi) is 3.46. The first-order valence-electron chi connectivity index (χ1n) is 7.82. The summed E-state index contributed by atoms with van der Waals surface area (Å²) in [6, 6.07) is 7.16. The van der Waals surface area contributed by atoms with Gasteiger partial charge in [-0.15, -0.1) is 0 Å². The Morgan fingerprint density at radius 3 is 2.83 bits per heavy atom. The maximum absolute atomic E-state index is 12.3. The van der Waals surface area contributed by atoms with Crippen LogP contribution < -0.4 is 10.6 Å². The van der Waals surface area contributed by atoms with Crippen LogP contribution in [0, 0.1) is 5.92 Å². The van der Waals surface area contributed by atoms with E-state index in [1.54, 1.807) is 18.3 Å². The van der Waals surface area contributed by atoms with Crippen molar-refractivity contribution in [1.29, 1.82) is 0 Å². The quantitative estimate of drug-likeness (QED) is 0.922. The van der Waals surface area contributed by atoms with Crippen molar-refractivity contribution in [3.8, 4) is 0 Å². The maximum Gasteiger partial charge on any atom is 0.255 e. The van der Waals surface area contributed by atoms with Crippen LogP contribution in [0.1, 0.15) is 19.3 Å². The van der Waals surface area contributed by atoms with Gasteiger partial charge in [-0.25, -0.2) is 5.01 Å². The van der Waals surface area contributed by atoms with Crippen molar-refractivity contribution in [2.24, 2.45) is 11.0 Å². The van der Waals surface area contributed by atoms with Crippen molar-refractivity contribution >= 4 is 28.1 Å². The van der Waals surface area contributed by atoms with Gasteiger partial charge in [0.15, 0.2) is 0 Å². The van der Waals surface area contributed by atoms with Crippen LogP contribution in [-0.4, -0.2) is 29.8 Å². The summed E-state index contributed by atoms with van der Waals surface area (Å²) in [5.74, 6) is 0.316. The fourth-order valence-electron chi connectivity index (χ4n) is 3.22. The number of ether oxygens (including phenoxy) is 1. The second-order valence-corrected chi connectivity index (χ2v) is 5.94. The lowest BCUT2D eigenvalue weighted by Gasteiger charge is -2.21. The van der Waals surface area contributed by atoms with Gasteiger partial charge in [0, 0.05) is 30.7 Å². The number of carbonyl (C=O) groups excluding carboxylic acids is 1. The first-order chi connectivity index (χ1) is 11.2. The van der Waals surface area contributed by atoms with Gasteiger partial charge >= 0.3 is 0 Å². The molecule has 0 atom stereocenters. The molecule has 0 unspecified atom stereocenters. The Bertz CT molecular complexity index is 850. The van der Waals surface area contributed by atoms with E-state index in [1.165, 1.54) is 5.01 Å². The van der Waals surface area contributed by atoms with E-state index in [9.17, 15) is 9.59 Å². The SMILES string of the molecule is O=C1CC(C2CCOCC2)=NN1c1ccc2c(=O)[nH]ccc2c1. The first kappa shape index (κ1) is 14.1. The van der Waals surface area contributed by atoms with Crippen molar-refractivity contribution in [3.05, 3.63) is 40.8 Å². The normalized spacial score (nSPS) is 19.4. The number of pyridine rings is 1. The molecule has 23 heavy (non-hydrogen) atoms. The van der Waals surface area contributed by atoms with Gasteiger partial charge in [-0.3, -0.25) is 9.59 Å². The number of hydrogen-bond acceptors (Lipinski definition) is 4. The molecule has 1 aromatic carbocycles. The van der Waals surface area contributed by atoms with Gasteiger partial charge in [0.1, 0.15) is 0 Å². The van der Waals surface area contributed by atoms with E-state index in [0.717, 1.165) is 37.2 Å². The third-order valence-corrected chi connectivity index (χ3v) is 4.49. The number of carbonyl (C=O) groups is 1. The molecule has 2 aliphatic rings. The van der Waals surface area contributed by atoms with Gasteiger partial charge in [0.2, 0.25) is 0 Å². The molecule has 0 bridgehead atoms. The van der Waals surface area contributed by atoms with Crippen molar-refractivity contribution in [2.75, 3.05) is 18.2 Å². The summed E-state index contributed by atoms with van der Waals surface area (Å²) in [6.45, 7) is 1.47. The molecule has 6 nitrogen and oxygen atoms in total. The lowest BCUT2D eigenvalue weighted by atomic mass is 9.93. The molecule has 2 aromatic rings. The molecule has 0 saturated carbocycles. The highest BCUT2D eigenvalue weighted by Crippen LogP contribution is 2.28. The molecule has 2 aliphatic heterocycles. The number of fused-ring (bicyclic) bond motifs is 1. The number of anilines is 1. The molecule has 1 amide bonds. The van der Waals surface area contributed by atoms with Gasteiger partial charge in [-0.05, 0) is 42.5 Å². The molecule has 1 aromatic heterocycles. The molecule has 6 heteroatoms. The lowest BCUT2D eigenvalue weighted by molar-refractivity contribution is -0.116. The molecule has 0 spiro atoms. The van der Waals surface area contributed by atoms with Crippen molar-refractivity contribution in [2.45, 2.75) is 19.3 Å². The number of hydrogen-bond donors (Lipinski definition) is 1. The minimum atomic E-state index is -0.131. The summed E-state index contributed by atoms with van der Waals surface area (Å²) >= 11 is 0. The Labute approximate surface area is 132 Å². The number of nitrogens with one attached hydrogen (secondary N) is 1. The molecule has 4 rings (SSSR count). The van der Waals surface area contributed by atoms with E-state index in [4.69, 9.17) is 4.74 Å². The number of aromatic amines is 1. The average Bonchev–Trinajstić information content (AvgIpc) is 2.97. The van der Waals surface area contributed by atoms with Crippen LogP contribution in [-0.2, 0) is 9.53 Å². The summed E-state index contributed by atoms with van der Waals surface area (Å²) < 4.78 is 5.37. The van der Waals surface area contributed by atoms with Crippen LogP contribution in [0.3, 0.4) is 0 Å². The van der Waals surface area contributed by atoms with E-state index in [1.807, 2.05) is 12.1 Å². The van der Waals surface area contributed by atoms with Crippen LogP contribution >= 0.6 is 0 Å². The average molecular weight is 311 g/mol. The van der Waals surface area contributed by atoms with Crippen LogP contribution in [0.4, 0.5) is 5.69 Å². The van der Waals surface area contributed by atoms with E-state index < -0.39 is 0 Å². The summed E-state index contributed by atoms with van der Waals surface area (Å²) in [7, 11) is 0. The zero-order chi connectivity index (χ0) is 15.8. The molecule has 1 N–H and O–H groups in total. The molecule has 1 saturated heterocycles. The molecule has 0 radical (unpaired) electrons. The van der Waals surface area contributed by atoms with Crippen molar-refractivity contribution in [3.63, 3.8) is 0 Å². The highest BCUT2D eigenvalue weighted by Gasteiger charge is 2.31. The van der Waals surface area contributed by atoms with Gasteiger partial charge in [0.25, 0.3) is 11.5 Å². The number of rotatable bonds is 2. The number of H-pyrrole nitrogens is 1. The molecule has 1 fully saturated rings. The molecular formula is C17H17N3O3. The maximum atomic E-state index is 12.3. The predicted molar refractivity (Wildman–Crippen MR) is 87.6 cm³/mol. The van der Waals surface area contributed by atoms with Gasteiger partial charge in [-0.2, -0.15) is 5.10 Å². The van der Waals surface area contributed by atoms with E-state index >= 15 is 0 Å². The van der Waals surface area contributed by atoms with Gasteiger partial charge in [0.05, 0.1) is 17.8 Å². The number of hydrazone groups is 1. The Morgan fingerprint density at radius 2 is 2.00 bits per heavy atom. The lowest BCUT2D eigenvalue weighted by Crippen LogP contribution is -2.23. The second kappa shape index (κ2) is 5.62. The number of aromatic nitrogens is 1. The smallest absolute Gasteiger partial charge is 0.255 e. The number of amides is 1. The standard InChI is InChI=1S/C17H17N3O3/c21-16-10-15(11-4-7-23-8-5-11)19-20(16)13-1-2-14-12(9-13)3-6-18-17(14)22/h1-3,6,9,11H,4-5,7-8,10H2,(H,18,22). The summed E-state index contributed by atoms with van der Waals surface area (Å²) in [4.78, 5) is 26.7. The van der Waals surface area contributed by atoms with Crippen molar-refractivity contribution in [1.82, 2.24) is 4.98 Å². The Morgan fingerprint density at radius 1 is 1.17 bits per heavy atom. The number of nitrogens with zero attached hydrogens (tertiary/aromatic N) is 2. The van der Waals surface area contributed by atoms with Crippen LogP contribution in [0.5, 0.6) is 0 Å². The summed E-state index contributed by atoms with van der Waals surface area (Å²) in [5, 5.41) is 7.42. The zero-order valence-corrected chi connectivity index (χ0v) is 12.6. The summed E-state index contributed by atoms with van der Waals surface area (Å²) in [5.41, 5.74) is 1.52. The third-order valence-electron chi connectivity index (χ3n) is 4.49. The molecular weight excluding hydrogens is 294 g/mol. The Balaban J connectivity index is 1.68. The third kappa shape index (κ3) is 2.55. The monoisotopic (exact) mass is 311 g/mol. The van der Waals surface area contributed by atoms with Crippen molar-refractivity contribution < 1.29 is 9.53 Å². The van der Waals surface area contributed by atoms with Crippen LogP contribution in [0.25, 0.3) is 10.8 Å². The van der Waals surface area contributed by atoms with Gasteiger partial charge < -0.3 is 9.72 Å². The van der Waals surface area contributed by atoms with E-state index in [-0.39, 0.29) is 11.5 Å². The molecule has 118 valence electrons. The molecule has 3 heterocycles. The first-order valence-corrected chi connectivity index (χ1v) is 7.82. The van der Waals surface area contributed by atoms with Gasteiger partial charge in [-0.1, -0.05) is 0 Å². The minimum absolute atomic E-state index is 0.0179. The molecule has 0 aliphatic carbocycles. The highest BCUT2D eigenvalue weighted by molar-refractivity contribution is 6.14. The Hall–Kier alpha value is -2.47. The topological polar surface area (TPSA) is 74.8 Å². The zero-order valence-electron chi connectivity index (χ0n) is 12.6. The predicted octanol–water partition coefficient (Wildman–Crippen LogP) is 2.05. The largest absolute Gasteiger partial charge is 0.381 e. The number of benzene rings is 1. The van der Waals surface area contributed by atoms with Crippen LogP contribution in [0.2, 0.25) is 0 Å². The highest BCUT2D eigenvalue weighted by atomic mass is 16.5. The van der Waals surface area contributed by atoms with Crippen LogP contribution in [0.15, 0.2) is 40.4 Å². The van der Waals surface area contributed by atoms with E-state index in [0.29, 0.717) is 23.4 Å². The van der Waals surface area contributed by atoms with E-state index in [2.05, 4.69) is 10.1 Å². The minimum Gasteiger partial charge on any atom is -0.381 e. The fourth-order valence-corrected chi connectivity index (χ4v) is 3.22. The summed E-state index contributed by atoms with van der Waals surface area (Å²) in [6.07, 6.45) is 3.83. The fraction of sp³-hybridized carbons (Fsp3) is 0.353.